The lowest BCUT2D eigenvalue weighted by atomic mass is 9.81. The Labute approximate surface area is 370 Å². The topological polar surface area (TPSA) is 133 Å². The first kappa shape index (κ1) is 42.7. The fourth-order valence-corrected chi connectivity index (χ4v) is 11.3. The predicted octanol–water partition coefficient (Wildman–Crippen LogP) is 8.61. The molecule has 3 aromatic rings. The Morgan fingerprint density at radius 3 is 2.05 bits per heavy atom. The molecule has 0 radical (unpaired) electrons. The van der Waals surface area contributed by atoms with Crippen LogP contribution in [0.3, 0.4) is 0 Å². The highest BCUT2D eigenvalue weighted by atomic mass is 16.5. The van der Waals surface area contributed by atoms with Crippen molar-refractivity contribution in [3.8, 4) is 22.3 Å². The number of nitrogens with one attached hydrogen (secondary N) is 1. The second-order valence-corrected chi connectivity index (χ2v) is 18.6. The van der Waals surface area contributed by atoms with Crippen molar-refractivity contribution in [3.05, 3.63) is 83.1 Å². The molecule has 1 N–H and O–H groups in total. The summed E-state index contributed by atoms with van der Waals surface area (Å²) in [6.45, 7) is 7.02. The number of ether oxygens (including phenoxy) is 2. The van der Waals surface area contributed by atoms with Gasteiger partial charge >= 0.3 is 12.1 Å². The van der Waals surface area contributed by atoms with Crippen LogP contribution in [-0.2, 0) is 30.3 Å². The van der Waals surface area contributed by atoms with Crippen molar-refractivity contribution < 1.29 is 28.7 Å². The molecule has 63 heavy (non-hydrogen) atoms. The summed E-state index contributed by atoms with van der Waals surface area (Å²) in [4.78, 5) is 67.8. The molecule has 0 aliphatic carbocycles. The highest BCUT2D eigenvalue weighted by molar-refractivity contribution is 6.04. The van der Waals surface area contributed by atoms with E-state index >= 15 is 0 Å². The number of methoxy groups -OCH3 is 2. The number of carbonyl (C=O) groups excluding carboxylic acids is 4. The molecular formula is C51H60N6O6. The van der Waals surface area contributed by atoms with E-state index in [1.165, 1.54) is 53.2 Å². The van der Waals surface area contributed by atoms with Crippen LogP contribution in [0.25, 0.3) is 27.8 Å². The molecule has 0 saturated carbocycles. The molecule has 2 bridgehead atoms. The number of benzene rings is 3. The molecule has 0 aromatic heterocycles. The minimum Gasteiger partial charge on any atom is -0.469 e. The van der Waals surface area contributed by atoms with Crippen molar-refractivity contribution in [2.45, 2.75) is 115 Å². The summed E-state index contributed by atoms with van der Waals surface area (Å²) >= 11 is 0. The summed E-state index contributed by atoms with van der Waals surface area (Å²) in [6.07, 6.45) is 9.76. The number of allylic oxidation sites excluding steroid dienone is 1. The van der Waals surface area contributed by atoms with Crippen LogP contribution in [0.15, 0.2) is 70.8 Å². The molecule has 6 heterocycles. The molecule has 6 atom stereocenters. The Bertz CT molecular complexity index is 2420. The number of rotatable bonds is 11. The number of hydrogen-bond acceptors (Lipinski definition) is 9. The van der Waals surface area contributed by atoms with Crippen LogP contribution in [0.5, 0.6) is 0 Å². The highest BCUT2D eigenvalue weighted by Gasteiger charge is 2.45. The Kier molecular flexibility index (Phi) is 11.9. The van der Waals surface area contributed by atoms with Gasteiger partial charge < -0.3 is 24.6 Å². The number of piperidine rings is 1. The molecule has 6 aliphatic heterocycles. The van der Waals surface area contributed by atoms with Gasteiger partial charge in [0.25, 0.3) is 0 Å². The summed E-state index contributed by atoms with van der Waals surface area (Å²) in [5, 5.41) is 2.65. The minimum atomic E-state index is -0.684. The molecule has 3 fully saturated rings. The molecule has 9 rings (SSSR count). The minimum absolute atomic E-state index is 0.0229. The quantitative estimate of drug-likeness (QED) is 0.191. The second kappa shape index (κ2) is 17.5. The lowest BCUT2D eigenvalue weighted by molar-refractivity contribution is -0.148. The maximum atomic E-state index is 13.8. The first-order chi connectivity index (χ1) is 30.4. The van der Waals surface area contributed by atoms with E-state index in [2.05, 4.69) is 71.9 Å². The number of carbonyl (C=O) groups is 4. The molecule has 6 aliphatic rings. The van der Waals surface area contributed by atoms with Gasteiger partial charge in [-0.1, -0.05) is 56.3 Å². The van der Waals surface area contributed by atoms with Gasteiger partial charge in [-0.2, -0.15) is 0 Å². The zero-order valence-corrected chi connectivity index (χ0v) is 37.5. The van der Waals surface area contributed by atoms with E-state index in [4.69, 9.17) is 19.5 Å². The maximum absolute atomic E-state index is 13.8. The summed E-state index contributed by atoms with van der Waals surface area (Å²) in [5.74, 6) is -0.816. The first-order valence-corrected chi connectivity index (χ1v) is 22.9. The largest absolute Gasteiger partial charge is 0.469 e. The fourth-order valence-electron chi connectivity index (χ4n) is 11.3. The van der Waals surface area contributed by atoms with Gasteiger partial charge in [0, 0.05) is 55.6 Å². The number of amides is 3. The van der Waals surface area contributed by atoms with Gasteiger partial charge in [0.15, 0.2) is 0 Å². The molecule has 0 spiro atoms. The molecule has 330 valence electrons. The standard InChI is InChI=1S/C51H60N6O6/c1-29(2)38(27-46(58)62-5)50(60)57-23-9-11-42(57)40-26-35(28-52-40)31-12-14-32(15-13-31)36-17-18-37(48-45-21-20-44(47(36)48)55(45)4)33-16-19-39-34(24-33)25-41(54-39)43-10-7-8-22-56(43)49(59)30(3)53-51(61)63-6/h12-19,24,28-30,38,42-45H,7-11,20-23,25-27H2,1-6H3,(H,53,61)/t30-,38-,42-,43-,44?,45?/m0/s1. The van der Waals surface area contributed by atoms with Crippen LogP contribution in [-0.4, -0.2) is 102 Å². The van der Waals surface area contributed by atoms with Crippen LogP contribution < -0.4 is 5.32 Å². The van der Waals surface area contributed by atoms with Crippen LogP contribution in [0.2, 0.25) is 0 Å². The molecule has 12 nitrogen and oxygen atoms in total. The fraction of sp³-hybridized carbons (Fsp3) is 0.490. The van der Waals surface area contributed by atoms with E-state index in [1.54, 1.807) is 6.92 Å². The Hall–Kier alpha value is -5.62. The van der Waals surface area contributed by atoms with Gasteiger partial charge in [0.2, 0.25) is 11.8 Å². The van der Waals surface area contributed by atoms with E-state index in [0.29, 0.717) is 38.0 Å². The molecular weight excluding hydrogens is 793 g/mol. The molecule has 3 aromatic carbocycles. The zero-order valence-electron chi connectivity index (χ0n) is 37.5. The first-order valence-electron chi connectivity index (χ1n) is 22.9. The van der Waals surface area contributed by atoms with Gasteiger partial charge in [-0.15, -0.1) is 0 Å². The third-order valence-electron chi connectivity index (χ3n) is 14.7. The number of aliphatic imine (C=N–C) groups is 2. The third kappa shape index (κ3) is 7.89. The van der Waals surface area contributed by atoms with Crippen molar-refractivity contribution in [2.75, 3.05) is 34.4 Å². The molecule has 3 saturated heterocycles. The van der Waals surface area contributed by atoms with Gasteiger partial charge in [0.1, 0.15) is 6.04 Å². The van der Waals surface area contributed by atoms with Crippen molar-refractivity contribution in [3.63, 3.8) is 0 Å². The normalized spacial score (nSPS) is 23.5. The predicted molar refractivity (Wildman–Crippen MR) is 245 cm³/mol. The summed E-state index contributed by atoms with van der Waals surface area (Å²) in [7, 11) is 4.95. The van der Waals surface area contributed by atoms with E-state index in [9.17, 15) is 19.2 Å². The van der Waals surface area contributed by atoms with Crippen molar-refractivity contribution >= 4 is 46.6 Å². The average molecular weight is 853 g/mol. The smallest absolute Gasteiger partial charge is 0.407 e. The summed E-state index contributed by atoms with van der Waals surface area (Å²) in [5.41, 5.74) is 14.3. The zero-order chi connectivity index (χ0) is 44.1. The molecule has 12 heteroatoms. The van der Waals surface area contributed by atoms with Crippen LogP contribution in [0.1, 0.15) is 113 Å². The van der Waals surface area contributed by atoms with E-state index < -0.39 is 18.1 Å². The van der Waals surface area contributed by atoms with E-state index in [0.717, 1.165) is 73.2 Å². The lowest BCUT2D eigenvalue weighted by Gasteiger charge is -2.37. The third-order valence-corrected chi connectivity index (χ3v) is 14.7. The van der Waals surface area contributed by atoms with Crippen molar-refractivity contribution in [1.82, 2.24) is 20.0 Å². The van der Waals surface area contributed by atoms with Crippen LogP contribution >= 0.6 is 0 Å². The summed E-state index contributed by atoms with van der Waals surface area (Å²) < 4.78 is 9.67. The van der Waals surface area contributed by atoms with Gasteiger partial charge in [0.05, 0.1) is 44.3 Å². The Balaban J connectivity index is 0.914. The van der Waals surface area contributed by atoms with Gasteiger partial charge in [-0.05, 0) is 127 Å². The second-order valence-electron chi connectivity index (χ2n) is 18.6. The Morgan fingerprint density at radius 1 is 0.714 bits per heavy atom. The Morgan fingerprint density at radius 2 is 1.35 bits per heavy atom. The van der Waals surface area contributed by atoms with Gasteiger partial charge in [-0.25, -0.2) is 4.79 Å². The monoisotopic (exact) mass is 852 g/mol. The van der Waals surface area contributed by atoms with Gasteiger partial charge in [-0.3, -0.25) is 29.3 Å². The molecule has 2 unspecified atom stereocenters. The highest BCUT2D eigenvalue weighted by Crippen LogP contribution is 2.57. The maximum Gasteiger partial charge on any atom is 0.407 e. The van der Waals surface area contributed by atoms with Crippen LogP contribution in [0.4, 0.5) is 10.5 Å². The number of likely N-dealkylation sites (tertiary alicyclic amines) is 2. The number of nitrogens with zero attached hydrogens (tertiary/aromatic N) is 5. The number of esters is 1. The average Bonchev–Trinajstić information content (AvgIpc) is 4.16. The number of fused-ring (bicyclic) bond motifs is 6. The van der Waals surface area contributed by atoms with Crippen molar-refractivity contribution in [2.24, 2.45) is 21.8 Å². The lowest BCUT2D eigenvalue weighted by Crippen LogP contribution is -2.54. The summed E-state index contributed by atoms with van der Waals surface area (Å²) in [6, 6.07) is 20.1. The van der Waals surface area contributed by atoms with E-state index in [1.807, 2.05) is 29.8 Å². The number of hydrogen-bond donors (Lipinski definition) is 1. The van der Waals surface area contributed by atoms with Crippen LogP contribution in [0, 0.1) is 11.8 Å². The molecule has 3 amide bonds. The van der Waals surface area contributed by atoms with Crippen molar-refractivity contribution in [1.29, 1.82) is 0 Å². The SMILES string of the molecule is COC(=O)C[C@H](C(=O)N1CCC[C@H]1C1=NC=C(c2ccc(-c3ccc(-c4ccc5c(c4)CC([C@@H]4CCCCN4C(=O)[C@H](C)NC(=O)OC)=N5)c4c3C3CCC4N3C)cc2)C1)C(C)C. The number of alkyl carbamates (subject to hydrolysis) is 1. The van der Waals surface area contributed by atoms with E-state index in [-0.39, 0.29) is 42.2 Å².